The fourth-order valence-corrected chi connectivity index (χ4v) is 1.67. The molecular weight excluding hydrogens is 232 g/mol. The Balaban J connectivity index is 2.74. The Hall–Kier alpha value is -1.62. The molecule has 100 valence electrons. The van der Waals surface area contributed by atoms with Crippen LogP contribution in [-0.4, -0.2) is 23.7 Å². The van der Waals surface area contributed by atoms with Gasteiger partial charge in [0.2, 0.25) is 0 Å². The minimum absolute atomic E-state index is 0.134. The van der Waals surface area contributed by atoms with Gasteiger partial charge in [-0.15, -0.1) is 0 Å². The Morgan fingerprint density at radius 2 is 2.11 bits per heavy atom. The topological polar surface area (TPSA) is 64.4 Å². The number of benzene rings is 1. The summed E-state index contributed by atoms with van der Waals surface area (Å²) in [7, 11) is 0. The highest BCUT2D eigenvalue weighted by molar-refractivity contribution is 5.54. The highest BCUT2D eigenvalue weighted by atomic mass is 16.6. The molecule has 0 saturated heterocycles. The second kappa shape index (κ2) is 5.82. The Morgan fingerprint density at radius 1 is 1.44 bits per heavy atom. The van der Waals surface area contributed by atoms with Crippen molar-refractivity contribution in [2.24, 2.45) is 0 Å². The van der Waals surface area contributed by atoms with Gasteiger partial charge in [-0.2, -0.15) is 0 Å². The van der Waals surface area contributed by atoms with Crippen LogP contribution in [0.15, 0.2) is 18.2 Å². The number of anilines is 1. The summed E-state index contributed by atoms with van der Waals surface area (Å²) in [6, 6.07) is 5.13. The SMILES string of the molecule is CCOC(C)(C)CNc1ccc(C)c([N+](=O)[O-])c1. The lowest BCUT2D eigenvalue weighted by Gasteiger charge is -2.25. The van der Waals surface area contributed by atoms with Gasteiger partial charge in [-0.1, -0.05) is 6.07 Å². The average molecular weight is 252 g/mol. The van der Waals surface area contributed by atoms with Crippen molar-refractivity contribution in [1.29, 1.82) is 0 Å². The molecule has 0 fully saturated rings. The number of nitro benzene ring substituents is 1. The third-order valence-corrected chi connectivity index (χ3v) is 2.66. The van der Waals surface area contributed by atoms with E-state index >= 15 is 0 Å². The monoisotopic (exact) mass is 252 g/mol. The lowest BCUT2D eigenvalue weighted by Crippen LogP contribution is -2.33. The maximum Gasteiger partial charge on any atom is 0.274 e. The van der Waals surface area contributed by atoms with Gasteiger partial charge in [0.05, 0.1) is 10.5 Å². The smallest absolute Gasteiger partial charge is 0.274 e. The van der Waals surface area contributed by atoms with Crippen molar-refractivity contribution in [1.82, 2.24) is 0 Å². The minimum atomic E-state index is -0.367. The van der Waals surface area contributed by atoms with Crippen molar-refractivity contribution < 1.29 is 9.66 Å². The summed E-state index contributed by atoms with van der Waals surface area (Å²) < 4.78 is 5.56. The van der Waals surface area contributed by atoms with Gasteiger partial charge in [-0.25, -0.2) is 0 Å². The highest BCUT2D eigenvalue weighted by Crippen LogP contribution is 2.23. The van der Waals surface area contributed by atoms with Gasteiger partial charge in [0, 0.05) is 30.5 Å². The number of rotatable bonds is 6. The zero-order valence-corrected chi connectivity index (χ0v) is 11.3. The predicted molar refractivity (Wildman–Crippen MR) is 72.0 cm³/mol. The molecule has 0 amide bonds. The van der Waals surface area contributed by atoms with E-state index in [9.17, 15) is 10.1 Å². The first-order valence-corrected chi connectivity index (χ1v) is 5.98. The first-order valence-electron chi connectivity index (χ1n) is 5.98. The lowest BCUT2D eigenvalue weighted by atomic mass is 10.1. The van der Waals surface area contributed by atoms with E-state index in [2.05, 4.69) is 5.32 Å². The number of hydrogen-bond donors (Lipinski definition) is 1. The molecule has 0 atom stereocenters. The van der Waals surface area contributed by atoms with Crippen LogP contribution in [0.5, 0.6) is 0 Å². The van der Waals surface area contributed by atoms with Crippen molar-refractivity contribution in [3.63, 3.8) is 0 Å². The Kier molecular flexibility index (Phi) is 4.67. The fraction of sp³-hybridized carbons (Fsp3) is 0.538. The molecule has 5 heteroatoms. The second-order valence-electron chi connectivity index (χ2n) is 4.80. The average Bonchev–Trinajstić information content (AvgIpc) is 2.27. The van der Waals surface area contributed by atoms with Crippen LogP contribution >= 0.6 is 0 Å². The van der Waals surface area contributed by atoms with Crippen molar-refractivity contribution in [3.05, 3.63) is 33.9 Å². The molecule has 0 aliphatic rings. The van der Waals surface area contributed by atoms with Crippen LogP contribution in [0.2, 0.25) is 0 Å². The zero-order chi connectivity index (χ0) is 13.8. The number of nitro groups is 1. The summed E-state index contributed by atoms with van der Waals surface area (Å²) in [6.07, 6.45) is 0. The van der Waals surface area contributed by atoms with Crippen LogP contribution < -0.4 is 5.32 Å². The summed E-state index contributed by atoms with van der Waals surface area (Å²) in [5, 5.41) is 14.0. The Morgan fingerprint density at radius 3 is 2.67 bits per heavy atom. The van der Waals surface area contributed by atoms with Crippen molar-refractivity contribution in [2.45, 2.75) is 33.3 Å². The Labute approximate surface area is 107 Å². The second-order valence-corrected chi connectivity index (χ2v) is 4.80. The summed E-state index contributed by atoms with van der Waals surface area (Å²) in [5.74, 6) is 0. The highest BCUT2D eigenvalue weighted by Gasteiger charge is 2.18. The van der Waals surface area contributed by atoms with E-state index in [1.165, 1.54) is 0 Å². The fourth-order valence-electron chi connectivity index (χ4n) is 1.67. The molecule has 0 unspecified atom stereocenters. The third-order valence-electron chi connectivity index (χ3n) is 2.66. The summed E-state index contributed by atoms with van der Waals surface area (Å²) in [4.78, 5) is 10.5. The van der Waals surface area contributed by atoms with E-state index in [1.54, 1.807) is 19.1 Å². The van der Waals surface area contributed by atoms with Crippen molar-refractivity contribution in [2.75, 3.05) is 18.5 Å². The largest absolute Gasteiger partial charge is 0.382 e. The van der Waals surface area contributed by atoms with Gasteiger partial charge in [0.25, 0.3) is 5.69 Å². The van der Waals surface area contributed by atoms with E-state index in [-0.39, 0.29) is 16.2 Å². The van der Waals surface area contributed by atoms with E-state index in [0.29, 0.717) is 18.7 Å². The molecular formula is C13H20N2O3. The van der Waals surface area contributed by atoms with Gasteiger partial charge in [-0.3, -0.25) is 10.1 Å². The maximum absolute atomic E-state index is 10.8. The molecule has 1 rings (SSSR count). The minimum Gasteiger partial charge on any atom is -0.382 e. The first-order chi connectivity index (χ1) is 8.35. The molecule has 18 heavy (non-hydrogen) atoms. The molecule has 0 aliphatic heterocycles. The van der Waals surface area contributed by atoms with Gasteiger partial charge in [0.1, 0.15) is 0 Å². The number of nitrogens with zero attached hydrogens (tertiary/aromatic N) is 1. The summed E-state index contributed by atoms with van der Waals surface area (Å²) in [6.45, 7) is 8.87. The lowest BCUT2D eigenvalue weighted by molar-refractivity contribution is -0.385. The summed E-state index contributed by atoms with van der Waals surface area (Å²) in [5.41, 5.74) is 1.23. The summed E-state index contributed by atoms with van der Waals surface area (Å²) >= 11 is 0. The van der Waals surface area contributed by atoms with Crippen LogP contribution in [0.1, 0.15) is 26.3 Å². The Bertz CT molecular complexity index is 430. The quantitative estimate of drug-likeness (QED) is 0.624. The molecule has 0 aromatic heterocycles. The third kappa shape index (κ3) is 4.00. The molecule has 0 aliphatic carbocycles. The van der Waals surface area contributed by atoms with E-state index in [0.717, 1.165) is 5.69 Å². The molecule has 5 nitrogen and oxygen atoms in total. The van der Waals surface area contributed by atoms with E-state index < -0.39 is 0 Å². The van der Waals surface area contributed by atoms with Crippen LogP contribution in [0.3, 0.4) is 0 Å². The van der Waals surface area contributed by atoms with Gasteiger partial charge in [0.15, 0.2) is 0 Å². The molecule has 1 aromatic rings. The number of hydrogen-bond acceptors (Lipinski definition) is 4. The molecule has 0 radical (unpaired) electrons. The maximum atomic E-state index is 10.8. The molecule has 0 bridgehead atoms. The molecule has 1 N–H and O–H groups in total. The number of ether oxygens (including phenoxy) is 1. The van der Waals surface area contributed by atoms with Crippen molar-refractivity contribution >= 4 is 11.4 Å². The van der Waals surface area contributed by atoms with Gasteiger partial charge >= 0.3 is 0 Å². The zero-order valence-electron chi connectivity index (χ0n) is 11.3. The standard InChI is InChI=1S/C13H20N2O3/c1-5-18-13(3,4)9-14-11-7-6-10(2)12(8-11)15(16)17/h6-8,14H,5,9H2,1-4H3. The van der Waals surface area contributed by atoms with Crippen LogP contribution in [-0.2, 0) is 4.74 Å². The molecule has 1 aromatic carbocycles. The van der Waals surface area contributed by atoms with Gasteiger partial charge in [-0.05, 0) is 33.8 Å². The number of nitrogens with one attached hydrogen (secondary N) is 1. The normalized spacial score (nSPS) is 11.3. The number of aryl methyl sites for hydroxylation is 1. The van der Waals surface area contributed by atoms with Crippen molar-refractivity contribution in [3.8, 4) is 0 Å². The van der Waals surface area contributed by atoms with Crippen LogP contribution in [0.25, 0.3) is 0 Å². The molecule has 0 saturated carbocycles. The van der Waals surface area contributed by atoms with Crippen LogP contribution in [0, 0.1) is 17.0 Å². The molecule has 0 spiro atoms. The van der Waals surface area contributed by atoms with E-state index in [4.69, 9.17) is 4.74 Å². The predicted octanol–water partition coefficient (Wildman–Crippen LogP) is 3.13. The van der Waals surface area contributed by atoms with Gasteiger partial charge < -0.3 is 10.1 Å². The van der Waals surface area contributed by atoms with E-state index in [1.807, 2.05) is 26.8 Å². The van der Waals surface area contributed by atoms with Crippen LogP contribution in [0.4, 0.5) is 11.4 Å². The molecule has 0 heterocycles. The first kappa shape index (κ1) is 14.4.